The van der Waals surface area contributed by atoms with Crippen molar-refractivity contribution in [2.24, 2.45) is 0 Å². The lowest BCUT2D eigenvalue weighted by molar-refractivity contribution is 1.04. The lowest BCUT2D eigenvalue weighted by Gasteiger charge is -1.90. The SMILES string of the molecule is Nn1cnc2ccccc21.c1ccncc1. The molecule has 2 aromatic heterocycles. The molecule has 0 spiro atoms. The zero-order valence-corrected chi connectivity index (χ0v) is 8.69. The molecule has 4 nitrogen and oxygen atoms in total. The van der Waals surface area contributed by atoms with Crippen molar-refractivity contribution in [1.29, 1.82) is 0 Å². The summed E-state index contributed by atoms with van der Waals surface area (Å²) in [4.78, 5) is 7.84. The highest BCUT2D eigenvalue weighted by Gasteiger charge is 1.94. The van der Waals surface area contributed by atoms with Crippen LogP contribution in [0, 0.1) is 0 Å². The van der Waals surface area contributed by atoms with Crippen LogP contribution in [0.3, 0.4) is 0 Å². The summed E-state index contributed by atoms with van der Waals surface area (Å²) in [5.74, 6) is 5.53. The monoisotopic (exact) mass is 212 g/mol. The zero-order valence-electron chi connectivity index (χ0n) is 8.69. The van der Waals surface area contributed by atoms with Crippen LogP contribution in [0.2, 0.25) is 0 Å². The Morgan fingerprint density at radius 2 is 1.69 bits per heavy atom. The maximum absolute atomic E-state index is 5.53. The van der Waals surface area contributed by atoms with E-state index in [1.54, 1.807) is 18.7 Å². The molecule has 0 radical (unpaired) electrons. The molecule has 0 bridgehead atoms. The molecule has 2 heterocycles. The van der Waals surface area contributed by atoms with E-state index >= 15 is 0 Å². The highest BCUT2D eigenvalue weighted by Crippen LogP contribution is 2.07. The highest BCUT2D eigenvalue weighted by molar-refractivity contribution is 5.74. The van der Waals surface area contributed by atoms with E-state index in [4.69, 9.17) is 5.84 Å². The number of benzene rings is 1. The second-order valence-corrected chi connectivity index (χ2v) is 3.17. The smallest absolute Gasteiger partial charge is 0.115 e. The largest absolute Gasteiger partial charge is 0.338 e. The van der Waals surface area contributed by atoms with E-state index in [2.05, 4.69) is 9.97 Å². The van der Waals surface area contributed by atoms with Gasteiger partial charge in [-0.05, 0) is 24.3 Å². The van der Waals surface area contributed by atoms with Crippen molar-refractivity contribution in [2.45, 2.75) is 0 Å². The summed E-state index contributed by atoms with van der Waals surface area (Å²) in [5.41, 5.74) is 1.90. The van der Waals surface area contributed by atoms with Crippen LogP contribution in [0.5, 0.6) is 0 Å². The standard InChI is InChI=1S/C7H7N3.C5H5N/c8-10-5-9-6-3-1-2-4-7(6)10;1-2-4-6-5-3-1/h1-5H,8H2;1-5H. The fraction of sp³-hybridized carbons (Fsp3) is 0. The molecule has 0 aliphatic heterocycles. The number of nitrogens with zero attached hydrogens (tertiary/aromatic N) is 3. The van der Waals surface area contributed by atoms with Gasteiger partial charge >= 0.3 is 0 Å². The third-order valence-electron chi connectivity index (χ3n) is 2.05. The lowest BCUT2D eigenvalue weighted by atomic mass is 10.3. The van der Waals surface area contributed by atoms with Gasteiger partial charge in [-0.1, -0.05) is 18.2 Å². The number of aromatic nitrogens is 3. The zero-order chi connectivity index (χ0) is 11.2. The van der Waals surface area contributed by atoms with Crippen molar-refractivity contribution < 1.29 is 0 Å². The third kappa shape index (κ3) is 2.36. The molecule has 0 saturated carbocycles. The average molecular weight is 212 g/mol. The molecular formula is C12H12N4. The van der Waals surface area contributed by atoms with Gasteiger partial charge in [-0.3, -0.25) is 4.98 Å². The van der Waals surface area contributed by atoms with Gasteiger partial charge in [-0.2, -0.15) is 0 Å². The van der Waals surface area contributed by atoms with Crippen molar-refractivity contribution in [3.63, 3.8) is 0 Å². The number of fused-ring (bicyclic) bond motifs is 1. The quantitative estimate of drug-likeness (QED) is 0.578. The highest BCUT2D eigenvalue weighted by atomic mass is 15.3. The van der Waals surface area contributed by atoms with Gasteiger partial charge < -0.3 is 5.84 Å². The minimum Gasteiger partial charge on any atom is -0.338 e. The van der Waals surface area contributed by atoms with Crippen molar-refractivity contribution >= 4 is 11.0 Å². The van der Waals surface area contributed by atoms with Crippen LogP contribution in [0.15, 0.2) is 61.2 Å². The average Bonchev–Trinajstić information content (AvgIpc) is 2.75. The molecule has 1 aromatic carbocycles. The van der Waals surface area contributed by atoms with Gasteiger partial charge in [0.15, 0.2) is 0 Å². The van der Waals surface area contributed by atoms with E-state index in [-0.39, 0.29) is 0 Å². The van der Waals surface area contributed by atoms with E-state index in [1.807, 2.05) is 42.5 Å². The topological polar surface area (TPSA) is 56.7 Å². The summed E-state index contributed by atoms with van der Waals surface area (Å²) in [7, 11) is 0. The molecule has 0 amide bonds. The van der Waals surface area contributed by atoms with Gasteiger partial charge in [0.25, 0.3) is 0 Å². The summed E-state index contributed by atoms with van der Waals surface area (Å²) in [5, 5.41) is 0. The van der Waals surface area contributed by atoms with Crippen LogP contribution in [0.25, 0.3) is 11.0 Å². The predicted octanol–water partition coefficient (Wildman–Crippen LogP) is 1.83. The maximum Gasteiger partial charge on any atom is 0.115 e. The Morgan fingerprint density at radius 3 is 2.25 bits per heavy atom. The first-order chi connectivity index (χ1) is 7.88. The molecule has 0 unspecified atom stereocenters. The van der Waals surface area contributed by atoms with Crippen molar-refractivity contribution in [1.82, 2.24) is 14.6 Å². The number of hydrogen-bond acceptors (Lipinski definition) is 3. The second kappa shape index (κ2) is 4.93. The van der Waals surface area contributed by atoms with Crippen LogP contribution >= 0.6 is 0 Å². The summed E-state index contributed by atoms with van der Waals surface area (Å²) < 4.78 is 1.51. The first-order valence-electron chi connectivity index (χ1n) is 4.90. The first kappa shape index (κ1) is 10.2. The summed E-state index contributed by atoms with van der Waals surface area (Å²) in [6, 6.07) is 13.5. The van der Waals surface area contributed by atoms with E-state index in [9.17, 15) is 0 Å². The molecule has 0 fully saturated rings. The first-order valence-corrected chi connectivity index (χ1v) is 4.90. The summed E-state index contributed by atoms with van der Waals surface area (Å²) in [6.07, 6.45) is 5.10. The van der Waals surface area contributed by atoms with Crippen molar-refractivity contribution in [3.05, 3.63) is 61.2 Å². The predicted molar refractivity (Wildman–Crippen MR) is 64.1 cm³/mol. The number of para-hydroxylation sites is 2. The molecule has 4 heteroatoms. The Kier molecular flexibility index (Phi) is 3.13. The summed E-state index contributed by atoms with van der Waals surface area (Å²) >= 11 is 0. The van der Waals surface area contributed by atoms with Gasteiger partial charge in [0, 0.05) is 12.4 Å². The minimum absolute atomic E-state index is 0.935. The van der Waals surface area contributed by atoms with E-state index in [0.29, 0.717) is 0 Å². The number of nitrogens with two attached hydrogens (primary N) is 1. The number of nitrogen functional groups attached to an aromatic ring is 1. The molecule has 0 saturated heterocycles. The lowest BCUT2D eigenvalue weighted by Crippen LogP contribution is -2.04. The number of rotatable bonds is 0. The molecule has 0 aliphatic carbocycles. The molecule has 80 valence electrons. The normalized spacial score (nSPS) is 9.50. The van der Waals surface area contributed by atoms with E-state index in [0.717, 1.165) is 11.0 Å². The van der Waals surface area contributed by atoms with Crippen LogP contribution in [0.4, 0.5) is 0 Å². The van der Waals surface area contributed by atoms with Gasteiger partial charge in [0.2, 0.25) is 0 Å². The Hall–Kier alpha value is -2.36. The Bertz CT molecular complexity index is 518. The van der Waals surface area contributed by atoms with Gasteiger partial charge in [-0.25, -0.2) is 9.66 Å². The summed E-state index contributed by atoms with van der Waals surface area (Å²) in [6.45, 7) is 0. The van der Waals surface area contributed by atoms with E-state index < -0.39 is 0 Å². The molecule has 16 heavy (non-hydrogen) atoms. The van der Waals surface area contributed by atoms with Crippen LogP contribution in [-0.2, 0) is 0 Å². The maximum atomic E-state index is 5.53. The Labute approximate surface area is 93.3 Å². The van der Waals surface area contributed by atoms with Gasteiger partial charge in [-0.15, -0.1) is 0 Å². The van der Waals surface area contributed by atoms with Crippen molar-refractivity contribution in [3.8, 4) is 0 Å². The van der Waals surface area contributed by atoms with Crippen LogP contribution < -0.4 is 5.84 Å². The molecule has 3 aromatic rings. The molecule has 3 rings (SSSR count). The fourth-order valence-electron chi connectivity index (χ4n) is 1.29. The van der Waals surface area contributed by atoms with E-state index in [1.165, 1.54) is 4.68 Å². The second-order valence-electron chi connectivity index (χ2n) is 3.17. The van der Waals surface area contributed by atoms with Crippen molar-refractivity contribution in [2.75, 3.05) is 5.84 Å². The molecule has 0 aliphatic rings. The third-order valence-corrected chi connectivity index (χ3v) is 2.05. The van der Waals surface area contributed by atoms with Crippen LogP contribution in [0.1, 0.15) is 0 Å². The number of imidazole rings is 1. The number of hydrogen-bond donors (Lipinski definition) is 1. The Morgan fingerprint density at radius 1 is 0.938 bits per heavy atom. The van der Waals surface area contributed by atoms with Crippen LogP contribution in [-0.4, -0.2) is 14.6 Å². The molecular weight excluding hydrogens is 200 g/mol. The number of pyridine rings is 1. The van der Waals surface area contributed by atoms with Gasteiger partial charge in [0.05, 0.1) is 11.0 Å². The minimum atomic E-state index is 0.935. The van der Waals surface area contributed by atoms with Gasteiger partial charge in [0.1, 0.15) is 6.33 Å². The fourth-order valence-corrected chi connectivity index (χ4v) is 1.29. The Balaban J connectivity index is 0.000000138. The molecule has 0 atom stereocenters. The molecule has 2 N–H and O–H groups in total.